The maximum atomic E-state index is 5.03. The van der Waals surface area contributed by atoms with E-state index in [0.29, 0.717) is 4.77 Å². The molecule has 1 heterocycles. The monoisotopic (exact) mass is 187 g/mol. The highest BCUT2D eigenvalue weighted by atomic mass is 32.1. The molecule has 5 heteroatoms. The van der Waals surface area contributed by atoms with Gasteiger partial charge in [0.05, 0.1) is 0 Å². The largest absolute Gasteiger partial charge is 0.385 e. The normalized spacial score (nSPS) is 10.5. The lowest BCUT2D eigenvalue weighted by Gasteiger charge is -2.02. The van der Waals surface area contributed by atoms with E-state index in [0.717, 1.165) is 25.4 Å². The summed E-state index contributed by atoms with van der Waals surface area (Å²) in [6.07, 6.45) is 0.963. The van der Waals surface area contributed by atoms with Crippen LogP contribution >= 0.6 is 12.2 Å². The van der Waals surface area contributed by atoms with Gasteiger partial charge in [0.25, 0.3) is 0 Å². The maximum absolute atomic E-state index is 5.03. The SMILES string of the molecule is COCCCn1c(C)n[nH]c1=S. The number of aromatic nitrogens is 3. The molecule has 0 aliphatic carbocycles. The molecule has 0 radical (unpaired) electrons. The second kappa shape index (κ2) is 4.37. The third-order valence-electron chi connectivity index (χ3n) is 1.68. The Morgan fingerprint density at radius 2 is 2.42 bits per heavy atom. The zero-order valence-corrected chi connectivity index (χ0v) is 8.15. The summed E-state index contributed by atoms with van der Waals surface area (Å²) >= 11 is 5.03. The summed E-state index contributed by atoms with van der Waals surface area (Å²) in [7, 11) is 1.70. The van der Waals surface area contributed by atoms with Crippen molar-refractivity contribution < 1.29 is 4.74 Å². The van der Waals surface area contributed by atoms with Crippen molar-refractivity contribution in [1.29, 1.82) is 0 Å². The number of nitrogens with zero attached hydrogens (tertiary/aromatic N) is 2. The molecule has 0 bridgehead atoms. The topological polar surface area (TPSA) is 42.8 Å². The molecule has 0 unspecified atom stereocenters. The average molecular weight is 187 g/mol. The lowest BCUT2D eigenvalue weighted by Crippen LogP contribution is -2.03. The van der Waals surface area contributed by atoms with Gasteiger partial charge in [0.2, 0.25) is 0 Å². The van der Waals surface area contributed by atoms with Crippen LogP contribution in [-0.2, 0) is 11.3 Å². The minimum atomic E-state index is 0.684. The molecule has 0 fully saturated rings. The van der Waals surface area contributed by atoms with Gasteiger partial charge in [-0.1, -0.05) is 0 Å². The first-order chi connectivity index (χ1) is 5.75. The Bertz CT molecular complexity index is 291. The Kier molecular flexibility index (Phi) is 3.43. The zero-order valence-electron chi connectivity index (χ0n) is 7.33. The van der Waals surface area contributed by atoms with Gasteiger partial charge in [-0.25, -0.2) is 0 Å². The van der Waals surface area contributed by atoms with Crippen molar-refractivity contribution in [1.82, 2.24) is 14.8 Å². The Labute approximate surface area is 76.6 Å². The zero-order chi connectivity index (χ0) is 8.97. The van der Waals surface area contributed by atoms with E-state index < -0.39 is 0 Å². The van der Waals surface area contributed by atoms with Gasteiger partial charge in [0.15, 0.2) is 4.77 Å². The number of aromatic amines is 1. The van der Waals surface area contributed by atoms with Crippen LogP contribution in [0.2, 0.25) is 0 Å². The number of methoxy groups -OCH3 is 1. The molecular weight excluding hydrogens is 174 g/mol. The summed E-state index contributed by atoms with van der Waals surface area (Å²) in [6.45, 7) is 3.56. The van der Waals surface area contributed by atoms with Gasteiger partial charge in [-0.2, -0.15) is 5.10 Å². The van der Waals surface area contributed by atoms with Crippen molar-refractivity contribution in [3.63, 3.8) is 0 Å². The second-order valence-corrected chi connectivity index (χ2v) is 2.96. The summed E-state index contributed by atoms with van der Waals surface area (Å²) < 4.78 is 7.59. The highest BCUT2D eigenvalue weighted by Gasteiger charge is 1.98. The summed E-state index contributed by atoms with van der Waals surface area (Å²) in [5, 5.41) is 6.74. The molecule has 4 nitrogen and oxygen atoms in total. The fraction of sp³-hybridized carbons (Fsp3) is 0.714. The highest BCUT2D eigenvalue weighted by Crippen LogP contribution is 1.97. The summed E-state index contributed by atoms with van der Waals surface area (Å²) in [4.78, 5) is 0. The molecule has 0 aliphatic rings. The lowest BCUT2D eigenvalue weighted by molar-refractivity contribution is 0.190. The average Bonchev–Trinajstić information content (AvgIpc) is 2.35. The third kappa shape index (κ3) is 2.15. The predicted molar refractivity (Wildman–Crippen MR) is 48.6 cm³/mol. The van der Waals surface area contributed by atoms with E-state index in [4.69, 9.17) is 17.0 Å². The van der Waals surface area contributed by atoms with Crippen molar-refractivity contribution in [3.8, 4) is 0 Å². The molecule has 0 saturated heterocycles. The summed E-state index contributed by atoms with van der Waals surface area (Å²) in [5.41, 5.74) is 0. The van der Waals surface area contributed by atoms with Gasteiger partial charge < -0.3 is 9.30 Å². The molecule has 1 aromatic rings. The van der Waals surface area contributed by atoms with Crippen LogP contribution in [0.15, 0.2) is 0 Å². The van der Waals surface area contributed by atoms with E-state index in [1.165, 1.54) is 0 Å². The van der Waals surface area contributed by atoms with E-state index >= 15 is 0 Å². The molecule has 1 N–H and O–H groups in total. The van der Waals surface area contributed by atoms with Gasteiger partial charge in [0.1, 0.15) is 5.82 Å². The van der Waals surface area contributed by atoms with Gasteiger partial charge in [-0.15, -0.1) is 0 Å². The van der Waals surface area contributed by atoms with Gasteiger partial charge in [-0.05, 0) is 25.6 Å². The van der Waals surface area contributed by atoms with E-state index in [2.05, 4.69) is 10.2 Å². The Morgan fingerprint density at radius 1 is 1.67 bits per heavy atom. The molecule has 0 saturated carbocycles. The predicted octanol–water partition coefficient (Wildman–Crippen LogP) is 1.29. The van der Waals surface area contributed by atoms with E-state index in [9.17, 15) is 0 Å². The Hall–Kier alpha value is -0.680. The Balaban J connectivity index is 2.56. The maximum Gasteiger partial charge on any atom is 0.195 e. The van der Waals surface area contributed by atoms with Crippen molar-refractivity contribution in [2.45, 2.75) is 19.9 Å². The number of rotatable bonds is 4. The lowest BCUT2D eigenvalue weighted by atomic mass is 10.4. The van der Waals surface area contributed by atoms with Gasteiger partial charge in [0, 0.05) is 20.3 Å². The van der Waals surface area contributed by atoms with E-state index in [1.54, 1.807) is 7.11 Å². The van der Waals surface area contributed by atoms with Crippen LogP contribution in [0.3, 0.4) is 0 Å². The highest BCUT2D eigenvalue weighted by molar-refractivity contribution is 7.71. The number of H-pyrrole nitrogens is 1. The van der Waals surface area contributed by atoms with Crippen molar-refractivity contribution in [2.24, 2.45) is 0 Å². The number of ether oxygens (including phenoxy) is 1. The Morgan fingerprint density at radius 3 is 2.92 bits per heavy atom. The number of hydrogen-bond donors (Lipinski definition) is 1. The van der Waals surface area contributed by atoms with Crippen LogP contribution in [0.4, 0.5) is 0 Å². The van der Waals surface area contributed by atoms with Gasteiger partial charge in [-0.3, -0.25) is 5.10 Å². The first-order valence-corrected chi connectivity index (χ1v) is 4.27. The minimum absolute atomic E-state index is 0.684. The van der Waals surface area contributed by atoms with Crippen LogP contribution < -0.4 is 0 Å². The molecule has 0 atom stereocenters. The van der Waals surface area contributed by atoms with Crippen LogP contribution in [0.1, 0.15) is 12.2 Å². The van der Waals surface area contributed by atoms with Crippen LogP contribution in [0.25, 0.3) is 0 Å². The summed E-state index contributed by atoms with van der Waals surface area (Å²) in [5.74, 6) is 0.927. The van der Waals surface area contributed by atoms with E-state index in [-0.39, 0.29) is 0 Å². The van der Waals surface area contributed by atoms with Crippen LogP contribution in [0.5, 0.6) is 0 Å². The minimum Gasteiger partial charge on any atom is -0.385 e. The molecule has 12 heavy (non-hydrogen) atoms. The van der Waals surface area contributed by atoms with Gasteiger partial charge >= 0.3 is 0 Å². The molecule has 1 rings (SSSR count). The molecule has 0 amide bonds. The fourth-order valence-electron chi connectivity index (χ4n) is 1.03. The quantitative estimate of drug-likeness (QED) is 0.570. The molecule has 68 valence electrons. The first kappa shape index (κ1) is 9.41. The molecule has 1 aromatic heterocycles. The van der Waals surface area contributed by atoms with E-state index in [1.807, 2.05) is 11.5 Å². The number of nitrogens with one attached hydrogen (secondary N) is 1. The van der Waals surface area contributed by atoms with Crippen molar-refractivity contribution in [3.05, 3.63) is 10.6 Å². The molecule has 0 aliphatic heterocycles. The molecule has 0 aromatic carbocycles. The van der Waals surface area contributed by atoms with Crippen molar-refractivity contribution >= 4 is 12.2 Å². The number of aryl methyl sites for hydroxylation is 1. The fourth-order valence-corrected chi connectivity index (χ4v) is 1.30. The second-order valence-electron chi connectivity index (χ2n) is 2.57. The summed E-state index contributed by atoms with van der Waals surface area (Å²) in [6, 6.07) is 0. The molecular formula is C7H13N3OS. The number of hydrogen-bond acceptors (Lipinski definition) is 3. The molecule has 0 spiro atoms. The first-order valence-electron chi connectivity index (χ1n) is 3.86. The van der Waals surface area contributed by atoms with Crippen LogP contribution in [0, 0.1) is 11.7 Å². The smallest absolute Gasteiger partial charge is 0.195 e. The standard InChI is InChI=1S/C7H13N3OS/c1-6-8-9-7(12)10(6)4-3-5-11-2/h3-5H2,1-2H3,(H,9,12). The van der Waals surface area contributed by atoms with Crippen molar-refractivity contribution in [2.75, 3.05) is 13.7 Å². The van der Waals surface area contributed by atoms with Crippen LogP contribution in [-0.4, -0.2) is 28.5 Å². The third-order valence-corrected chi connectivity index (χ3v) is 1.99.